The summed E-state index contributed by atoms with van der Waals surface area (Å²) in [5.74, 6) is 0.452. The molecule has 21 heavy (non-hydrogen) atoms. The minimum Gasteiger partial charge on any atom is -0.398 e. The van der Waals surface area contributed by atoms with Crippen molar-refractivity contribution in [3.63, 3.8) is 0 Å². The van der Waals surface area contributed by atoms with Gasteiger partial charge in [0.15, 0.2) is 5.82 Å². The third-order valence-corrected chi connectivity index (χ3v) is 3.49. The maximum atomic E-state index is 6.01. The number of tetrazole rings is 1. The Kier molecular flexibility index (Phi) is 3.71. The van der Waals surface area contributed by atoms with Crippen molar-refractivity contribution in [2.45, 2.75) is 0 Å². The van der Waals surface area contributed by atoms with Crippen LogP contribution < -0.4 is 5.73 Å². The van der Waals surface area contributed by atoms with Crippen LogP contribution in [0, 0.1) is 0 Å². The zero-order chi connectivity index (χ0) is 15.0. The van der Waals surface area contributed by atoms with Gasteiger partial charge in [-0.3, -0.25) is 0 Å². The van der Waals surface area contributed by atoms with Crippen molar-refractivity contribution >= 4 is 40.5 Å². The number of benzene rings is 2. The first kappa shape index (κ1) is 14.1. The average molecular weight is 341 g/mol. The van der Waals surface area contributed by atoms with Crippen LogP contribution in [-0.4, -0.2) is 20.2 Å². The maximum absolute atomic E-state index is 6.01. The van der Waals surface area contributed by atoms with Gasteiger partial charge in [-0.1, -0.05) is 34.8 Å². The van der Waals surface area contributed by atoms with E-state index in [0.29, 0.717) is 37.8 Å². The average Bonchev–Trinajstić information content (AvgIpc) is 2.89. The Morgan fingerprint density at radius 1 is 0.905 bits per heavy atom. The normalized spacial score (nSPS) is 10.8. The molecule has 0 aliphatic rings. The molecule has 0 unspecified atom stereocenters. The molecule has 0 saturated carbocycles. The summed E-state index contributed by atoms with van der Waals surface area (Å²) in [6, 6.07) is 10.1. The second kappa shape index (κ2) is 5.52. The van der Waals surface area contributed by atoms with Crippen molar-refractivity contribution in [3.8, 4) is 17.1 Å². The van der Waals surface area contributed by atoms with Crippen molar-refractivity contribution in [2.24, 2.45) is 0 Å². The molecule has 0 radical (unpaired) electrons. The van der Waals surface area contributed by atoms with Crippen molar-refractivity contribution < 1.29 is 0 Å². The molecular weight excluding hydrogens is 333 g/mol. The molecule has 0 aliphatic heterocycles. The largest absolute Gasteiger partial charge is 0.398 e. The number of hydrogen-bond donors (Lipinski definition) is 1. The van der Waals surface area contributed by atoms with Crippen LogP contribution in [0.1, 0.15) is 0 Å². The van der Waals surface area contributed by atoms with Crippen LogP contribution in [0.4, 0.5) is 5.69 Å². The Labute approximate surface area is 135 Å². The van der Waals surface area contributed by atoms with Gasteiger partial charge in [0.05, 0.1) is 5.69 Å². The molecule has 0 spiro atoms. The molecule has 0 fully saturated rings. The van der Waals surface area contributed by atoms with Crippen molar-refractivity contribution in [1.29, 1.82) is 0 Å². The minimum atomic E-state index is 0.452. The Balaban J connectivity index is 2.19. The Morgan fingerprint density at radius 3 is 2.33 bits per heavy atom. The first-order chi connectivity index (χ1) is 10.0. The molecule has 2 N–H and O–H groups in total. The van der Waals surface area contributed by atoms with Crippen LogP contribution in [0.2, 0.25) is 15.1 Å². The van der Waals surface area contributed by atoms with Gasteiger partial charge in [0.25, 0.3) is 0 Å². The van der Waals surface area contributed by atoms with E-state index in [4.69, 9.17) is 40.5 Å². The van der Waals surface area contributed by atoms with E-state index in [1.807, 2.05) is 0 Å². The van der Waals surface area contributed by atoms with Crippen molar-refractivity contribution in [1.82, 2.24) is 20.2 Å². The van der Waals surface area contributed by atoms with Gasteiger partial charge in [-0.05, 0) is 46.8 Å². The molecule has 1 aromatic heterocycles. The molecule has 8 heteroatoms. The summed E-state index contributed by atoms with van der Waals surface area (Å²) in [5, 5.41) is 13.1. The fourth-order valence-corrected chi connectivity index (χ4v) is 2.60. The molecule has 0 aliphatic carbocycles. The van der Waals surface area contributed by atoms with Crippen LogP contribution in [0.5, 0.6) is 0 Å². The lowest BCUT2D eigenvalue weighted by atomic mass is 10.1. The van der Waals surface area contributed by atoms with Gasteiger partial charge in [-0.2, -0.15) is 4.68 Å². The Bertz CT molecular complexity index is 795. The summed E-state index contributed by atoms with van der Waals surface area (Å²) < 4.78 is 1.50. The third kappa shape index (κ3) is 2.81. The number of aromatic nitrogens is 4. The highest BCUT2D eigenvalue weighted by Crippen LogP contribution is 2.29. The molecule has 1 heterocycles. The number of halogens is 3. The van der Waals surface area contributed by atoms with Gasteiger partial charge in [-0.25, -0.2) is 0 Å². The molecule has 0 atom stereocenters. The first-order valence-electron chi connectivity index (χ1n) is 5.85. The van der Waals surface area contributed by atoms with Crippen LogP contribution in [0.3, 0.4) is 0 Å². The van der Waals surface area contributed by atoms with Gasteiger partial charge >= 0.3 is 0 Å². The van der Waals surface area contributed by atoms with E-state index in [1.54, 1.807) is 36.4 Å². The SMILES string of the molecule is Nc1ccc(Cl)cc1-c1nnnn1-c1cc(Cl)cc(Cl)c1. The minimum absolute atomic E-state index is 0.452. The van der Waals surface area contributed by atoms with E-state index in [0.717, 1.165) is 0 Å². The number of hydrogen-bond acceptors (Lipinski definition) is 4. The molecule has 3 rings (SSSR count). The van der Waals surface area contributed by atoms with Crippen molar-refractivity contribution in [2.75, 3.05) is 5.73 Å². The molecule has 5 nitrogen and oxygen atoms in total. The van der Waals surface area contributed by atoms with Gasteiger partial charge in [0.2, 0.25) is 0 Å². The van der Waals surface area contributed by atoms with Crippen LogP contribution in [0.15, 0.2) is 36.4 Å². The summed E-state index contributed by atoms with van der Waals surface area (Å²) in [4.78, 5) is 0. The number of nitrogens with zero attached hydrogens (tertiary/aromatic N) is 4. The third-order valence-electron chi connectivity index (χ3n) is 2.82. The maximum Gasteiger partial charge on any atom is 0.189 e. The molecule has 0 amide bonds. The van der Waals surface area contributed by atoms with E-state index in [2.05, 4.69) is 15.5 Å². The predicted octanol–water partition coefficient (Wildman–Crippen LogP) is 3.87. The molecule has 0 saturated heterocycles. The van der Waals surface area contributed by atoms with Gasteiger partial charge in [-0.15, -0.1) is 5.10 Å². The van der Waals surface area contributed by atoms with Crippen LogP contribution in [-0.2, 0) is 0 Å². The second-order valence-electron chi connectivity index (χ2n) is 4.27. The summed E-state index contributed by atoms with van der Waals surface area (Å²) in [5.41, 5.74) is 7.74. The smallest absolute Gasteiger partial charge is 0.189 e. The predicted molar refractivity (Wildman–Crippen MR) is 84.0 cm³/mol. The lowest BCUT2D eigenvalue weighted by molar-refractivity contribution is 0.791. The number of nitrogen functional groups attached to an aromatic ring is 1. The number of rotatable bonds is 2. The molecule has 2 aromatic carbocycles. The van der Waals surface area contributed by atoms with E-state index < -0.39 is 0 Å². The highest BCUT2D eigenvalue weighted by Gasteiger charge is 2.14. The van der Waals surface area contributed by atoms with E-state index >= 15 is 0 Å². The standard InChI is InChI=1S/C13H8Cl3N5/c14-7-1-2-12(17)11(6-7)13-18-19-20-21(13)10-4-8(15)3-9(16)5-10/h1-6H,17H2. The fraction of sp³-hybridized carbons (Fsp3) is 0. The van der Waals surface area contributed by atoms with Gasteiger partial charge in [0, 0.05) is 26.3 Å². The van der Waals surface area contributed by atoms with Gasteiger partial charge < -0.3 is 5.73 Å². The van der Waals surface area contributed by atoms with E-state index in [9.17, 15) is 0 Å². The Hall–Kier alpha value is -1.82. The highest BCUT2D eigenvalue weighted by molar-refractivity contribution is 6.34. The Morgan fingerprint density at radius 2 is 1.62 bits per heavy atom. The lowest BCUT2D eigenvalue weighted by Crippen LogP contribution is -2.02. The summed E-state index contributed by atoms with van der Waals surface area (Å²) in [6.07, 6.45) is 0. The van der Waals surface area contributed by atoms with Crippen LogP contribution >= 0.6 is 34.8 Å². The zero-order valence-corrected chi connectivity index (χ0v) is 12.7. The lowest BCUT2D eigenvalue weighted by Gasteiger charge is -2.08. The number of anilines is 1. The second-order valence-corrected chi connectivity index (χ2v) is 5.58. The first-order valence-corrected chi connectivity index (χ1v) is 6.98. The summed E-state index contributed by atoms with van der Waals surface area (Å²) >= 11 is 18.0. The summed E-state index contributed by atoms with van der Waals surface area (Å²) in [6.45, 7) is 0. The molecule has 0 bridgehead atoms. The topological polar surface area (TPSA) is 69.6 Å². The highest BCUT2D eigenvalue weighted by atomic mass is 35.5. The molecule has 3 aromatic rings. The summed E-state index contributed by atoms with van der Waals surface area (Å²) in [7, 11) is 0. The van der Waals surface area contributed by atoms with E-state index in [-0.39, 0.29) is 0 Å². The van der Waals surface area contributed by atoms with E-state index in [1.165, 1.54) is 4.68 Å². The molecular formula is C13H8Cl3N5. The zero-order valence-electron chi connectivity index (χ0n) is 10.5. The fourth-order valence-electron chi connectivity index (χ4n) is 1.91. The monoisotopic (exact) mass is 339 g/mol. The quantitative estimate of drug-likeness (QED) is 0.719. The number of nitrogens with two attached hydrogens (primary N) is 1. The van der Waals surface area contributed by atoms with Gasteiger partial charge in [0.1, 0.15) is 0 Å². The van der Waals surface area contributed by atoms with Crippen LogP contribution in [0.25, 0.3) is 17.1 Å². The molecule has 106 valence electrons. The van der Waals surface area contributed by atoms with Crippen molar-refractivity contribution in [3.05, 3.63) is 51.5 Å².